The smallest absolute Gasteiger partial charge is 0.317 e. The van der Waals surface area contributed by atoms with Crippen molar-refractivity contribution in [2.45, 2.75) is 39.3 Å². The SMILES string of the molecule is COc1cc2c(cc1OC)CN(C(=O)NCCc1ccc(OC(C)C)cc1)CC2. The summed E-state index contributed by atoms with van der Waals surface area (Å²) in [5.74, 6) is 2.29. The number of methoxy groups -OCH3 is 2. The number of urea groups is 1. The lowest BCUT2D eigenvalue weighted by molar-refractivity contribution is 0.192. The third-order valence-electron chi connectivity index (χ3n) is 4.99. The molecule has 1 aliphatic heterocycles. The largest absolute Gasteiger partial charge is 0.493 e. The van der Waals surface area contributed by atoms with Crippen LogP contribution in [0, 0.1) is 0 Å². The van der Waals surface area contributed by atoms with E-state index in [1.54, 1.807) is 14.2 Å². The van der Waals surface area contributed by atoms with Gasteiger partial charge in [0.15, 0.2) is 11.5 Å². The highest BCUT2D eigenvalue weighted by Gasteiger charge is 2.22. The van der Waals surface area contributed by atoms with Crippen molar-refractivity contribution in [1.82, 2.24) is 10.2 Å². The van der Waals surface area contributed by atoms with Gasteiger partial charge in [-0.25, -0.2) is 4.79 Å². The molecule has 156 valence electrons. The molecule has 6 nitrogen and oxygen atoms in total. The second-order valence-electron chi connectivity index (χ2n) is 7.44. The van der Waals surface area contributed by atoms with Crippen LogP contribution < -0.4 is 19.5 Å². The van der Waals surface area contributed by atoms with Gasteiger partial charge >= 0.3 is 6.03 Å². The van der Waals surface area contributed by atoms with Crippen LogP contribution in [-0.2, 0) is 19.4 Å². The molecule has 3 rings (SSSR count). The zero-order valence-corrected chi connectivity index (χ0v) is 17.7. The number of benzene rings is 2. The number of carbonyl (C=O) groups is 1. The lowest BCUT2D eigenvalue weighted by atomic mass is 9.99. The molecule has 29 heavy (non-hydrogen) atoms. The molecule has 0 atom stereocenters. The first-order valence-electron chi connectivity index (χ1n) is 10.0. The fourth-order valence-corrected chi connectivity index (χ4v) is 3.49. The maximum absolute atomic E-state index is 12.6. The van der Waals surface area contributed by atoms with E-state index < -0.39 is 0 Å². The highest BCUT2D eigenvalue weighted by Crippen LogP contribution is 2.33. The van der Waals surface area contributed by atoms with Gasteiger partial charge in [-0.05, 0) is 67.6 Å². The van der Waals surface area contributed by atoms with Crippen molar-refractivity contribution in [3.8, 4) is 17.2 Å². The molecular formula is C23H30N2O4. The summed E-state index contributed by atoms with van der Waals surface area (Å²) in [7, 11) is 3.26. The van der Waals surface area contributed by atoms with Crippen LogP contribution in [0.1, 0.15) is 30.5 Å². The molecule has 0 fully saturated rings. The average molecular weight is 399 g/mol. The Morgan fingerprint density at radius 3 is 2.34 bits per heavy atom. The van der Waals surface area contributed by atoms with Gasteiger partial charge in [0, 0.05) is 19.6 Å². The van der Waals surface area contributed by atoms with Crippen LogP contribution in [-0.4, -0.2) is 44.3 Å². The van der Waals surface area contributed by atoms with Gasteiger partial charge in [-0.1, -0.05) is 12.1 Å². The number of nitrogens with one attached hydrogen (secondary N) is 1. The van der Waals surface area contributed by atoms with E-state index in [2.05, 4.69) is 5.32 Å². The molecule has 6 heteroatoms. The minimum absolute atomic E-state index is 0.0369. The molecule has 0 aromatic heterocycles. The summed E-state index contributed by atoms with van der Waals surface area (Å²) < 4.78 is 16.4. The number of carbonyl (C=O) groups excluding carboxylic acids is 1. The number of rotatable bonds is 7. The predicted octanol–water partition coefficient (Wildman–Crippen LogP) is 3.80. The van der Waals surface area contributed by atoms with Gasteiger partial charge in [0.2, 0.25) is 0 Å². The zero-order valence-electron chi connectivity index (χ0n) is 17.7. The fourth-order valence-electron chi connectivity index (χ4n) is 3.49. The van der Waals surface area contributed by atoms with E-state index in [9.17, 15) is 4.79 Å². The summed E-state index contributed by atoms with van der Waals surface area (Å²) >= 11 is 0. The van der Waals surface area contributed by atoms with E-state index in [0.717, 1.165) is 29.9 Å². The van der Waals surface area contributed by atoms with Crippen molar-refractivity contribution in [2.75, 3.05) is 27.3 Å². The Hall–Kier alpha value is -2.89. The van der Waals surface area contributed by atoms with Crippen LogP contribution in [0.25, 0.3) is 0 Å². The summed E-state index contributed by atoms with van der Waals surface area (Å²) in [6, 6.07) is 12.0. The topological polar surface area (TPSA) is 60.0 Å². The van der Waals surface area contributed by atoms with E-state index >= 15 is 0 Å². The molecule has 2 aromatic rings. The van der Waals surface area contributed by atoms with Gasteiger partial charge in [-0.15, -0.1) is 0 Å². The van der Waals surface area contributed by atoms with E-state index in [0.29, 0.717) is 25.4 Å². The minimum Gasteiger partial charge on any atom is -0.493 e. The predicted molar refractivity (Wildman–Crippen MR) is 113 cm³/mol. The Balaban J connectivity index is 1.52. The third-order valence-corrected chi connectivity index (χ3v) is 4.99. The molecule has 0 bridgehead atoms. The first-order chi connectivity index (χ1) is 14.0. The van der Waals surface area contributed by atoms with Gasteiger partial charge in [0.1, 0.15) is 5.75 Å². The standard InChI is InChI=1S/C23H30N2O4/c1-16(2)29-20-7-5-17(6-8-20)9-11-24-23(26)25-12-10-18-13-21(27-3)22(28-4)14-19(18)15-25/h5-8,13-14,16H,9-12,15H2,1-4H3,(H,24,26). The lowest BCUT2D eigenvalue weighted by Gasteiger charge is -2.29. The van der Waals surface area contributed by atoms with Crippen LogP contribution in [0.4, 0.5) is 4.79 Å². The Bertz CT molecular complexity index is 834. The summed E-state index contributed by atoms with van der Waals surface area (Å²) in [6.07, 6.45) is 1.75. The molecule has 2 aromatic carbocycles. The van der Waals surface area contributed by atoms with E-state index in [-0.39, 0.29) is 12.1 Å². The zero-order chi connectivity index (χ0) is 20.8. The van der Waals surface area contributed by atoms with Gasteiger partial charge in [-0.3, -0.25) is 0 Å². The molecule has 1 heterocycles. The van der Waals surface area contributed by atoms with Crippen molar-refractivity contribution >= 4 is 6.03 Å². The van der Waals surface area contributed by atoms with Gasteiger partial charge in [0.25, 0.3) is 0 Å². The molecule has 1 N–H and O–H groups in total. The molecule has 0 unspecified atom stereocenters. The highest BCUT2D eigenvalue weighted by atomic mass is 16.5. The Kier molecular flexibility index (Phi) is 6.86. The second kappa shape index (κ2) is 9.54. The quantitative estimate of drug-likeness (QED) is 0.771. The number of ether oxygens (including phenoxy) is 3. The van der Waals surface area contributed by atoms with Crippen LogP contribution >= 0.6 is 0 Å². The molecule has 0 radical (unpaired) electrons. The maximum Gasteiger partial charge on any atom is 0.317 e. The van der Waals surface area contributed by atoms with Crippen LogP contribution in [0.5, 0.6) is 17.2 Å². The van der Waals surface area contributed by atoms with Gasteiger partial charge in [-0.2, -0.15) is 0 Å². The van der Waals surface area contributed by atoms with Gasteiger partial charge in [0.05, 0.1) is 20.3 Å². The van der Waals surface area contributed by atoms with Crippen LogP contribution in [0.15, 0.2) is 36.4 Å². The fraction of sp³-hybridized carbons (Fsp3) is 0.435. The Morgan fingerprint density at radius 1 is 1.07 bits per heavy atom. The number of amides is 2. The van der Waals surface area contributed by atoms with Crippen molar-refractivity contribution in [1.29, 1.82) is 0 Å². The van der Waals surface area contributed by atoms with Crippen LogP contribution in [0.2, 0.25) is 0 Å². The highest BCUT2D eigenvalue weighted by molar-refractivity contribution is 5.74. The van der Waals surface area contributed by atoms with E-state index in [1.165, 1.54) is 11.1 Å². The van der Waals surface area contributed by atoms with E-state index in [1.807, 2.05) is 55.1 Å². The first kappa shape index (κ1) is 20.8. The van der Waals surface area contributed by atoms with Crippen molar-refractivity contribution in [2.24, 2.45) is 0 Å². The minimum atomic E-state index is -0.0369. The first-order valence-corrected chi connectivity index (χ1v) is 10.0. The summed E-state index contributed by atoms with van der Waals surface area (Å²) in [6.45, 7) is 5.88. The number of hydrogen-bond acceptors (Lipinski definition) is 4. The summed E-state index contributed by atoms with van der Waals surface area (Å²) in [4.78, 5) is 14.4. The monoisotopic (exact) mass is 398 g/mol. The van der Waals surface area contributed by atoms with Gasteiger partial charge < -0.3 is 24.4 Å². The third kappa shape index (κ3) is 5.34. The molecule has 2 amide bonds. The summed E-state index contributed by atoms with van der Waals surface area (Å²) in [5, 5.41) is 3.03. The van der Waals surface area contributed by atoms with Crippen molar-refractivity contribution < 1.29 is 19.0 Å². The normalized spacial score (nSPS) is 13.1. The Morgan fingerprint density at radius 2 is 1.72 bits per heavy atom. The molecule has 1 aliphatic rings. The molecule has 0 aliphatic carbocycles. The molecule has 0 saturated carbocycles. The number of nitrogens with zero attached hydrogens (tertiary/aromatic N) is 1. The molecular weight excluding hydrogens is 368 g/mol. The van der Waals surface area contributed by atoms with Crippen molar-refractivity contribution in [3.63, 3.8) is 0 Å². The van der Waals surface area contributed by atoms with Crippen molar-refractivity contribution in [3.05, 3.63) is 53.1 Å². The Labute approximate surface area is 172 Å². The molecule has 0 saturated heterocycles. The number of hydrogen-bond donors (Lipinski definition) is 1. The maximum atomic E-state index is 12.6. The van der Waals surface area contributed by atoms with E-state index in [4.69, 9.17) is 14.2 Å². The lowest BCUT2D eigenvalue weighted by Crippen LogP contribution is -2.43. The average Bonchev–Trinajstić information content (AvgIpc) is 2.73. The number of fused-ring (bicyclic) bond motifs is 1. The van der Waals surface area contributed by atoms with Crippen LogP contribution in [0.3, 0.4) is 0 Å². The molecule has 0 spiro atoms. The summed E-state index contributed by atoms with van der Waals surface area (Å²) in [5.41, 5.74) is 3.47. The second-order valence-corrected chi connectivity index (χ2v) is 7.44.